The van der Waals surface area contributed by atoms with Gasteiger partial charge in [-0.05, 0) is 0 Å². The van der Waals surface area contributed by atoms with Gasteiger partial charge in [0.1, 0.15) is 0 Å². The van der Waals surface area contributed by atoms with Crippen LogP contribution in [0.2, 0.25) is 0 Å². The van der Waals surface area contributed by atoms with E-state index in [-0.39, 0.29) is 20.3 Å². The predicted molar refractivity (Wildman–Crippen MR) is 58.0 cm³/mol. The van der Waals surface area contributed by atoms with Crippen LogP contribution in [0.5, 0.6) is 0 Å². The first-order chi connectivity index (χ1) is 7.81. The number of hydrogen-bond acceptors (Lipinski definition) is 4. The van der Waals surface area contributed by atoms with Gasteiger partial charge in [0.05, 0.1) is 0 Å². The van der Waals surface area contributed by atoms with Gasteiger partial charge in [0.25, 0.3) is 0 Å². The van der Waals surface area contributed by atoms with E-state index in [1.165, 1.54) is 0 Å². The van der Waals surface area contributed by atoms with Gasteiger partial charge in [0.15, 0.2) is 0 Å². The number of esters is 1. The van der Waals surface area contributed by atoms with Gasteiger partial charge in [-0.15, -0.1) is 0 Å². The summed E-state index contributed by atoms with van der Waals surface area (Å²) in [6.45, 7) is -0.124. The van der Waals surface area contributed by atoms with E-state index < -0.39 is 5.97 Å². The minimum atomic E-state index is -0.590. The number of ether oxygens (including phenoxy) is 1. The molecule has 1 aromatic heterocycles. The molecule has 0 atom stereocenters. The van der Waals surface area contributed by atoms with Crippen molar-refractivity contribution in [2.75, 3.05) is 6.61 Å². The molecule has 0 aliphatic heterocycles. The standard InChI is InChI=1S/C11H7O4P/c12-11(14-5-6-16-13)10-7-8-3-1-2-4-9(8)15-10/h1-4,7H,5H2. The van der Waals surface area contributed by atoms with Gasteiger partial charge in [-0.3, -0.25) is 0 Å². The normalized spacial score (nSPS) is 9.75. The van der Waals surface area contributed by atoms with E-state index >= 15 is 0 Å². The van der Waals surface area contributed by atoms with Crippen molar-refractivity contribution < 1.29 is 18.5 Å². The fraction of sp³-hybridized carbons (Fsp3) is 0.0909. The average Bonchev–Trinajstić information content (AvgIpc) is 2.73. The van der Waals surface area contributed by atoms with Gasteiger partial charge >= 0.3 is 91.7 Å². The number of para-hydroxylation sites is 1. The Morgan fingerprint density at radius 2 is 2.25 bits per heavy atom. The van der Waals surface area contributed by atoms with Crippen LogP contribution in [0.1, 0.15) is 10.6 Å². The maximum absolute atomic E-state index is 11.4. The van der Waals surface area contributed by atoms with Crippen molar-refractivity contribution in [2.24, 2.45) is 0 Å². The SMILES string of the molecule is O=P#CCOC(=O)c1cc2ccccc2o1. The Balaban J connectivity index is 2.22. The second-order valence-corrected chi connectivity index (χ2v) is 3.47. The van der Waals surface area contributed by atoms with E-state index in [2.05, 4.69) is 5.63 Å². The fourth-order valence-electron chi connectivity index (χ4n) is 1.28. The zero-order valence-corrected chi connectivity index (χ0v) is 9.07. The van der Waals surface area contributed by atoms with Crippen LogP contribution in [0.4, 0.5) is 0 Å². The van der Waals surface area contributed by atoms with Crippen molar-refractivity contribution in [1.29, 1.82) is 0 Å². The van der Waals surface area contributed by atoms with Crippen molar-refractivity contribution in [3.8, 4) is 5.63 Å². The molecule has 2 rings (SSSR count). The fourth-order valence-corrected chi connectivity index (χ4v) is 1.40. The first kappa shape index (κ1) is 10.7. The maximum atomic E-state index is 11.4. The Labute approximate surface area is 92.3 Å². The molecular formula is C11H7O4P. The Kier molecular flexibility index (Phi) is 3.25. The summed E-state index contributed by atoms with van der Waals surface area (Å²) in [5, 5.41) is 0.837. The van der Waals surface area contributed by atoms with Crippen molar-refractivity contribution in [3.63, 3.8) is 0 Å². The van der Waals surface area contributed by atoms with Gasteiger partial charge in [-0.2, -0.15) is 0 Å². The number of carbonyl (C=O) groups excluding carboxylic acids is 1. The molecule has 0 saturated carbocycles. The number of benzene rings is 1. The second-order valence-electron chi connectivity index (χ2n) is 2.97. The molecule has 0 saturated heterocycles. The van der Waals surface area contributed by atoms with Gasteiger partial charge in [-0.1, -0.05) is 0 Å². The molecule has 0 aliphatic carbocycles. The molecule has 1 heterocycles. The van der Waals surface area contributed by atoms with Crippen LogP contribution in [0, 0.1) is 5.63 Å². The van der Waals surface area contributed by atoms with Crippen LogP contribution in [-0.2, 0) is 9.30 Å². The molecule has 0 spiro atoms. The van der Waals surface area contributed by atoms with Crippen LogP contribution in [0.3, 0.4) is 0 Å². The predicted octanol–water partition coefficient (Wildman–Crippen LogP) is 2.84. The van der Waals surface area contributed by atoms with E-state index in [4.69, 9.17) is 9.15 Å². The molecule has 16 heavy (non-hydrogen) atoms. The molecule has 0 aliphatic rings. The third kappa shape index (κ3) is 2.25. The molecule has 1 aromatic carbocycles. The van der Waals surface area contributed by atoms with Gasteiger partial charge in [0.2, 0.25) is 0 Å². The Morgan fingerprint density at radius 3 is 3.00 bits per heavy atom. The van der Waals surface area contributed by atoms with E-state index in [0.29, 0.717) is 5.58 Å². The van der Waals surface area contributed by atoms with Crippen LogP contribution in [0.25, 0.3) is 11.0 Å². The zero-order chi connectivity index (χ0) is 11.4. The Morgan fingerprint density at radius 1 is 1.44 bits per heavy atom. The molecule has 0 radical (unpaired) electrons. The summed E-state index contributed by atoms with van der Waals surface area (Å²) in [4.78, 5) is 11.4. The van der Waals surface area contributed by atoms with E-state index in [1.807, 2.05) is 18.2 Å². The van der Waals surface area contributed by atoms with Crippen LogP contribution < -0.4 is 0 Å². The molecular weight excluding hydrogens is 227 g/mol. The van der Waals surface area contributed by atoms with Gasteiger partial charge in [-0.25, -0.2) is 0 Å². The van der Waals surface area contributed by atoms with Crippen molar-refractivity contribution in [2.45, 2.75) is 0 Å². The molecule has 0 amide bonds. The quantitative estimate of drug-likeness (QED) is 0.592. The summed E-state index contributed by atoms with van der Waals surface area (Å²) in [6, 6.07) is 8.88. The molecule has 2 aromatic rings. The van der Waals surface area contributed by atoms with Crippen LogP contribution in [-0.4, -0.2) is 12.6 Å². The summed E-state index contributed by atoms with van der Waals surface area (Å²) >= 11 is 0. The summed E-state index contributed by atoms with van der Waals surface area (Å²) in [5.41, 5.74) is 2.94. The Hall–Kier alpha value is -1.76. The second kappa shape index (κ2) is 4.84. The molecule has 0 bridgehead atoms. The number of carbonyl (C=O) groups is 1. The van der Waals surface area contributed by atoms with Gasteiger partial charge < -0.3 is 0 Å². The first-order valence-corrected chi connectivity index (χ1v) is 5.33. The summed E-state index contributed by atoms with van der Waals surface area (Å²) < 4.78 is 20.1. The molecule has 0 unspecified atom stereocenters. The van der Waals surface area contributed by atoms with Crippen LogP contribution >= 0.6 is 7.92 Å². The summed E-state index contributed by atoms with van der Waals surface area (Å²) in [7, 11) is -0.283. The summed E-state index contributed by atoms with van der Waals surface area (Å²) in [5.74, 6) is -0.460. The van der Waals surface area contributed by atoms with Crippen molar-refractivity contribution in [1.82, 2.24) is 0 Å². The molecule has 5 heteroatoms. The van der Waals surface area contributed by atoms with E-state index in [1.54, 1.807) is 12.1 Å². The van der Waals surface area contributed by atoms with E-state index in [9.17, 15) is 9.36 Å². The topological polar surface area (TPSA) is 56.5 Å². The minimum absolute atomic E-state index is 0.124. The molecule has 80 valence electrons. The van der Waals surface area contributed by atoms with Gasteiger partial charge in [0, 0.05) is 0 Å². The molecule has 0 fully saturated rings. The van der Waals surface area contributed by atoms with Crippen molar-refractivity contribution in [3.05, 3.63) is 36.1 Å². The van der Waals surface area contributed by atoms with E-state index in [0.717, 1.165) is 5.39 Å². The Bertz CT molecular complexity index is 590. The third-order valence-corrected chi connectivity index (χ3v) is 2.22. The number of fused-ring (bicyclic) bond motifs is 1. The first-order valence-electron chi connectivity index (χ1n) is 4.52. The summed E-state index contributed by atoms with van der Waals surface area (Å²) in [6.07, 6.45) is 0. The van der Waals surface area contributed by atoms with Crippen LogP contribution in [0.15, 0.2) is 34.7 Å². The number of furan rings is 1. The van der Waals surface area contributed by atoms with Crippen molar-refractivity contribution >= 4 is 24.9 Å². The molecule has 4 nitrogen and oxygen atoms in total. The molecule has 0 N–H and O–H groups in total. The third-order valence-electron chi connectivity index (χ3n) is 1.96. The zero-order valence-electron chi connectivity index (χ0n) is 8.17. The average molecular weight is 234 g/mol. The number of hydrogen-bond donors (Lipinski definition) is 0. The number of rotatable bonds is 2. The monoisotopic (exact) mass is 234 g/mol.